The van der Waals surface area contributed by atoms with Crippen molar-refractivity contribution in [2.45, 2.75) is 24.9 Å². The molecule has 0 atom stereocenters. The molecular weight excluding hydrogens is 533 g/mol. The Labute approximate surface area is 205 Å². The van der Waals surface area contributed by atoms with Crippen LogP contribution in [0.5, 0.6) is 0 Å². The molecule has 37 heavy (non-hydrogen) atoms. The molecule has 0 radical (unpaired) electrons. The highest BCUT2D eigenvalue weighted by molar-refractivity contribution is 7.92. The molecule has 0 aliphatic rings. The zero-order chi connectivity index (χ0) is 28.1. The van der Waals surface area contributed by atoms with Crippen molar-refractivity contribution in [3.05, 3.63) is 88.2 Å². The number of anilines is 1. The van der Waals surface area contributed by atoms with E-state index in [4.69, 9.17) is 9.90 Å². The lowest BCUT2D eigenvalue weighted by molar-refractivity contribution is -0.192. The Morgan fingerprint density at radius 1 is 0.892 bits per heavy atom. The van der Waals surface area contributed by atoms with E-state index in [-0.39, 0.29) is 16.7 Å². The van der Waals surface area contributed by atoms with Gasteiger partial charge in [0.25, 0.3) is 10.0 Å². The maximum Gasteiger partial charge on any atom is 0.490 e. The number of aliphatic carboxylic acids is 1. The summed E-state index contributed by atoms with van der Waals surface area (Å²) in [6.45, 7) is 2.74. The molecule has 0 saturated heterocycles. The Bertz CT molecular complexity index is 1490. The minimum Gasteiger partial charge on any atom is -0.475 e. The molecule has 0 bridgehead atoms. The smallest absolute Gasteiger partial charge is 0.475 e. The van der Waals surface area contributed by atoms with E-state index in [0.29, 0.717) is 5.56 Å². The van der Waals surface area contributed by atoms with E-state index in [1.165, 1.54) is 26.1 Å². The average molecular weight is 548 g/mol. The highest BCUT2D eigenvalue weighted by Crippen LogP contribution is 2.27. The number of hydrogen-bond donors (Lipinski definition) is 2. The van der Waals surface area contributed by atoms with E-state index >= 15 is 0 Å². The summed E-state index contributed by atoms with van der Waals surface area (Å²) in [5.41, 5.74) is -0.682. The Balaban J connectivity index is 0.000000604. The van der Waals surface area contributed by atoms with Crippen LogP contribution in [-0.4, -0.2) is 30.7 Å². The SMILES string of the molecule is Cc1cc(F)c(C)c(S(=O)(=O)Nc2c(F)cc(C#Cc3cncc(F)c3)cc2F)c1.O=C(O)C(F)(F)F. The fraction of sp³-hybridized carbons (Fsp3) is 0.130. The van der Waals surface area contributed by atoms with E-state index in [1.54, 1.807) is 0 Å². The first kappa shape index (κ1) is 29.1. The third kappa shape index (κ3) is 7.94. The number of aryl methyl sites for hydroxylation is 1. The number of carbonyl (C=O) groups is 1. The molecule has 3 aromatic rings. The van der Waals surface area contributed by atoms with Crippen LogP contribution >= 0.6 is 0 Å². The van der Waals surface area contributed by atoms with Crippen LogP contribution in [0.2, 0.25) is 0 Å². The number of alkyl halides is 3. The third-order valence-electron chi connectivity index (χ3n) is 4.31. The topological polar surface area (TPSA) is 96.4 Å². The minimum absolute atomic E-state index is 0.102. The first-order valence-corrected chi connectivity index (χ1v) is 11.2. The highest BCUT2D eigenvalue weighted by atomic mass is 32.2. The summed E-state index contributed by atoms with van der Waals surface area (Å²) in [4.78, 5) is 12.1. The second-order valence-electron chi connectivity index (χ2n) is 7.24. The summed E-state index contributed by atoms with van der Waals surface area (Å²) < 4.78 is 115. The molecule has 6 nitrogen and oxygen atoms in total. The van der Waals surface area contributed by atoms with Crippen LogP contribution in [0.1, 0.15) is 22.3 Å². The van der Waals surface area contributed by atoms with Gasteiger partial charge in [0, 0.05) is 22.9 Å². The van der Waals surface area contributed by atoms with E-state index in [9.17, 15) is 39.2 Å². The van der Waals surface area contributed by atoms with Gasteiger partial charge >= 0.3 is 12.1 Å². The quantitative estimate of drug-likeness (QED) is 0.351. The van der Waals surface area contributed by atoms with Crippen LogP contribution in [0.3, 0.4) is 0 Å². The lowest BCUT2D eigenvalue weighted by Crippen LogP contribution is -2.21. The van der Waals surface area contributed by atoms with E-state index in [1.807, 2.05) is 4.72 Å². The summed E-state index contributed by atoms with van der Waals surface area (Å²) in [6, 6.07) is 5.09. The minimum atomic E-state index is -5.08. The van der Waals surface area contributed by atoms with Gasteiger partial charge in [-0.25, -0.2) is 30.8 Å². The van der Waals surface area contributed by atoms with Gasteiger partial charge in [0.05, 0.1) is 11.1 Å². The van der Waals surface area contributed by atoms with Crippen LogP contribution in [0.25, 0.3) is 0 Å². The van der Waals surface area contributed by atoms with Gasteiger partial charge in [-0.1, -0.05) is 11.8 Å². The van der Waals surface area contributed by atoms with Crippen LogP contribution in [0.4, 0.5) is 36.4 Å². The molecule has 2 N–H and O–H groups in total. The molecule has 0 aliphatic carbocycles. The maximum atomic E-state index is 14.4. The average Bonchev–Trinajstić information content (AvgIpc) is 2.77. The number of hydrogen-bond acceptors (Lipinski definition) is 4. The highest BCUT2D eigenvalue weighted by Gasteiger charge is 2.38. The maximum absolute atomic E-state index is 14.4. The van der Waals surface area contributed by atoms with Crippen LogP contribution in [0, 0.1) is 49.0 Å². The van der Waals surface area contributed by atoms with Gasteiger partial charge in [0.15, 0.2) is 11.6 Å². The van der Waals surface area contributed by atoms with Gasteiger partial charge in [-0.05, 0) is 49.7 Å². The lowest BCUT2D eigenvalue weighted by Gasteiger charge is -2.13. The number of benzene rings is 2. The van der Waals surface area contributed by atoms with Crippen molar-refractivity contribution in [2.24, 2.45) is 0 Å². The number of carboxylic acids is 1. The van der Waals surface area contributed by atoms with Crippen molar-refractivity contribution < 1.29 is 49.1 Å². The van der Waals surface area contributed by atoms with Crippen molar-refractivity contribution in [1.29, 1.82) is 0 Å². The standard InChI is InChI=1S/C21H14F4N2O2S.C2HF3O2/c1-12-5-17(23)13(2)20(6-12)30(28,29)27-21-18(24)8-14(9-19(21)25)3-4-15-7-16(22)11-26-10-15;3-2(4,5)1(6)7/h5-11,27H,1-2H3;(H,6,7). The summed E-state index contributed by atoms with van der Waals surface area (Å²) >= 11 is 0. The number of carboxylic acid groups (broad SMARTS) is 1. The molecule has 1 aromatic heterocycles. The number of rotatable bonds is 3. The molecule has 0 amide bonds. The van der Waals surface area contributed by atoms with E-state index < -0.39 is 56.0 Å². The van der Waals surface area contributed by atoms with Gasteiger partial charge in [0.2, 0.25) is 0 Å². The molecule has 2 aromatic carbocycles. The number of aromatic nitrogens is 1. The second kappa shape index (κ2) is 11.3. The molecule has 196 valence electrons. The molecule has 0 aliphatic heterocycles. The Kier molecular flexibility index (Phi) is 8.89. The Morgan fingerprint density at radius 3 is 1.95 bits per heavy atom. The van der Waals surface area contributed by atoms with Crippen LogP contribution in [0.15, 0.2) is 47.6 Å². The number of nitrogens with zero attached hydrogens (tertiary/aromatic N) is 1. The molecule has 0 unspecified atom stereocenters. The summed E-state index contributed by atoms with van der Waals surface area (Å²) in [6.07, 6.45) is -2.83. The van der Waals surface area contributed by atoms with Crippen molar-refractivity contribution in [2.75, 3.05) is 4.72 Å². The molecule has 3 rings (SSSR count). The predicted molar refractivity (Wildman–Crippen MR) is 117 cm³/mol. The summed E-state index contributed by atoms with van der Waals surface area (Å²) in [5, 5.41) is 7.12. The van der Waals surface area contributed by atoms with Gasteiger partial charge in [-0.15, -0.1) is 0 Å². The van der Waals surface area contributed by atoms with Crippen molar-refractivity contribution in [1.82, 2.24) is 4.98 Å². The van der Waals surface area contributed by atoms with Gasteiger partial charge in [-0.2, -0.15) is 13.2 Å². The monoisotopic (exact) mass is 548 g/mol. The zero-order valence-electron chi connectivity index (χ0n) is 18.7. The van der Waals surface area contributed by atoms with Gasteiger partial charge in [-0.3, -0.25) is 9.71 Å². The first-order valence-electron chi connectivity index (χ1n) is 9.72. The van der Waals surface area contributed by atoms with Crippen molar-refractivity contribution >= 4 is 21.7 Å². The predicted octanol–water partition coefficient (Wildman–Crippen LogP) is 5.09. The van der Waals surface area contributed by atoms with Crippen LogP contribution < -0.4 is 4.72 Å². The first-order chi connectivity index (χ1) is 17.0. The fourth-order valence-corrected chi connectivity index (χ4v) is 4.03. The normalized spacial score (nSPS) is 11.1. The molecule has 14 heteroatoms. The van der Waals surface area contributed by atoms with Crippen LogP contribution in [-0.2, 0) is 14.8 Å². The van der Waals surface area contributed by atoms with Crippen molar-refractivity contribution in [3.8, 4) is 11.8 Å². The zero-order valence-corrected chi connectivity index (χ0v) is 19.5. The Hall–Kier alpha value is -4.12. The third-order valence-corrected chi connectivity index (χ3v) is 5.78. The number of nitrogens with one attached hydrogen (secondary N) is 1. The molecule has 0 fully saturated rings. The molecule has 0 saturated carbocycles. The summed E-state index contributed by atoms with van der Waals surface area (Å²) in [7, 11) is -4.46. The van der Waals surface area contributed by atoms with Crippen molar-refractivity contribution in [3.63, 3.8) is 0 Å². The number of sulfonamides is 1. The van der Waals surface area contributed by atoms with Gasteiger partial charge < -0.3 is 5.11 Å². The fourth-order valence-electron chi connectivity index (χ4n) is 2.62. The van der Waals surface area contributed by atoms with Gasteiger partial charge in [0.1, 0.15) is 17.3 Å². The lowest BCUT2D eigenvalue weighted by atomic mass is 10.1. The largest absolute Gasteiger partial charge is 0.490 e. The molecule has 1 heterocycles. The Morgan fingerprint density at radius 2 is 1.43 bits per heavy atom. The van der Waals surface area contributed by atoms with E-state index in [2.05, 4.69) is 16.8 Å². The number of halogens is 7. The second-order valence-corrected chi connectivity index (χ2v) is 8.89. The number of pyridine rings is 1. The van der Waals surface area contributed by atoms with E-state index in [0.717, 1.165) is 30.5 Å². The molecular formula is C23H15F7N2O4S. The summed E-state index contributed by atoms with van der Waals surface area (Å²) in [5.74, 6) is -1.61. The molecule has 0 spiro atoms.